The van der Waals surface area contributed by atoms with E-state index in [9.17, 15) is 4.79 Å². The van der Waals surface area contributed by atoms with Gasteiger partial charge in [-0.25, -0.2) is 0 Å². The second-order valence-electron chi connectivity index (χ2n) is 4.78. The molecule has 1 atom stereocenters. The Bertz CT molecular complexity index is 426. The molecule has 1 aliphatic heterocycles. The fourth-order valence-electron chi connectivity index (χ4n) is 2.01. The highest BCUT2D eigenvalue weighted by molar-refractivity contribution is 5.91. The number of benzene rings is 1. The van der Waals surface area contributed by atoms with Gasteiger partial charge in [0.1, 0.15) is 0 Å². The number of ether oxygens (including phenoxy) is 1. The Balaban J connectivity index is 1.88. The van der Waals surface area contributed by atoms with Crippen molar-refractivity contribution in [2.24, 2.45) is 0 Å². The van der Waals surface area contributed by atoms with Gasteiger partial charge in [-0.3, -0.25) is 4.79 Å². The maximum atomic E-state index is 11.9. The molecule has 1 fully saturated rings. The summed E-state index contributed by atoms with van der Waals surface area (Å²) in [4.78, 5) is 11.9. The van der Waals surface area contributed by atoms with Gasteiger partial charge in [0.05, 0.1) is 13.2 Å². The standard InChI is InChI=1S/C14H20N2O2/c1-10-3-4-12(7-11(10)2)16-14(17)8-13-9-18-6-5-15-13/h3-4,7,13,15H,5-6,8-9H2,1-2H3,(H,16,17). The van der Waals surface area contributed by atoms with Crippen LogP contribution < -0.4 is 10.6 Å². The summed E-state index contributed by atoms with van der Waals surface area (Å²) in [7, 11) is 0. The lowest BCUT2D eigenvalue weighted by atomic mass is 10.1. The Morgan fingerprint density at radius 1 is 1.44 bits per heavy atom. The Labute approximate surface area is 108 Å². The molecule has 0 aromatic heterocycles. The van der Waals surface area contributed by atoms with Gasteiger partial charge in [0, 0.05) is 24.7 Å². The Morgan fingerprint density at radius 3 is 2.94 bits per heavy atom. The molecule has 4 heteroatoms. The van der Waals surface area contributed by atoms with Crippen LogP contribution in [0.5, 0.6) is 0 Å². The van der Waals surface area contributed by atoms with Gasteiger partial charge in [-0.1, -0.05) is 6.07 Å². The van der Waals surface area contributed by atoms with E-state index in [2.05, 4.69) is 17.6 Å². The summed E-state index contributed by atoms with van der Waals surface area (Å²) in [5, 5.41) is 6.19. The number of hydrogen-bond acceptors (Lipinski definition) is 3. The van der Waals surface area contributed by atoms with E-state index in [1.165, 1.54) is 11.1 Å². The van der Waals surface area contributed by atoms with Crippen LogP contribution in [0.25, 0.3) is 0 Å². The molecule has 98 valence electrons. The highest BCUT2D eigenvalue weighted by atomic mass is 16.5. The fraction of sp³-hybridized carbons (Fsp3) is 0.500. The fourth-order valence-corrected chi connectivity index (χ4v) is 2.01. The zero-order chi connectivity index (χ0) is 13.0. The van der Waals surface area contributed by atoms with Crippen molar-refractivity contribution in [2.45, 2.75) is 26.3 Å². The molecule has 1 saturated heterocycles. The topological polar surface area (TPSA) is 50.4 Å². The van der Waals surface area contributed by atoms with Crippen LogP contribution in [-0.2, 0) is 9.53 Å². The Morgan fingerprint density at radius 2 is 2.28 bits per heavy atom. The lowest BCUT2D eigenvalue weighted by molar-refractivity contribution is -0.117. The van der Waals surface area contributed by atoms with Crippen molar-refractivity contribution in [2.75, 3.05) is 25.1 Å². The molecule has 1 heterocycles. The summed E-state index contributed by atoms with van der Waals surface area (Å²) in [5.41, 5.74) is 3.28. The highest BCUT2D eigenvalue weighted by Gasteiger charge is 2.16. The summed E-state index contributed by atoms with van der Waals surface area (Å²) >= 11 is 0. The van der Waals surface area contributed by atoms with E-state index in [1.807, 2.05) is 25.1 Å². The van der Waals surface area contributed by atoms with E-state index >= 15 is 0 Å². The van der Waals surface area contributed by atoms with E-state index in [4.69, 9.17) is 4.74 Å². The van der Waals surface area contributed by atoms with Crippen LogP contribution in [0, 0.1) is 13.8 Å². The monoisotopic (exact) mass is 248 g/mol. The first-order chi connectivity index (χ1) is 8.65. The van der Waals surface area contributed by atoms with Crippen LogP contribution in [0.3, 0.4) is 0 Å². The van der Waals surface area contributed by atoms with Crippen LogP contribution in [0.2, 0.25) is 0 Å². The van der Waals surface area contributed by atoms with E-state index in [-0.39, 0.29) is 11.9 Å². The summed E-state index contributed by atoms with van der Waals surface area (Å²) < 4.78 is 5.33. The molecule has 2 N–H and O–H groups in total. The Kier molecular flexibility index (Phi) is 4.33. The van der Waals surface area contributed by atoms with Gasteiger partial charge >= 0.3 is 0 Å². The smallest absolute Gasteiger partial charge is 0.226 e. The molecule has 1 unspecified atom stereocenters. The average Bonchev–Trinajstić information content (AvgIpc) is 2.35. The van der Waals surface area contributed by atoms with Gasteiger partial charge in [0.15, 0.2) is 0 Å². The second-order valence-corrected chi connectivity index (χ2v) is 4.78. The van der Waals surface area contributed by atoms with Gasteiger partial charge in [-0.2, -0.15) is 0 Å². The number of amides is 1. The minimum Gasteiger partial charge on any atom is -0.378 e. The first-order valence-electron chi connectivity index (χ1n) is 6.33. The van der Waals surface area contributed by atoms with Crippen molar-refractivity contribution in [1.82, 2.24) is 5.32 Å². The molecule has 0 bridgehead atoms. The zero-order valence-electron chi connectivity index (χ0n) is 11.0. The lowest BCUT2D eigenvalue weighted by Crippen LogP contribution is -2.43. The van der Waals surface area contributed by atoms with Crippen molar-refractivity contribution in [3.8, 4) is 0 Å². The molecule has 0 radical (unpaired) electrons. The van der Waals surface area contributed by atoms with Crippen molar-refractivity contribution < 1.29 is 9.53 Å². The Hall–Kier alpha value is -1.39. The molecule has 1 amide bonds. The SMILES string of the molecule is Cc1ccc(NC(=O)CC2COCCN2)cc1C. The van der Waals surface area contributed by atoms with Crippen molar-refractivity contribution in [1.29, 1.82) is 0 Å². The molecule has 1 aromatic carbocycles. The van der Waals surface area contributed by atoms with Crippen LogP contribution >= 0.6 is 0 Å². The molecule has 0 aliphatic carbocycles. The first-order valence-corrected chi connectivity index (χ1v) is 6.33. The molecule has 0 saturated carbocycles. The average molecular weight is 248 g/mol. The zero-order valence-corrected chi connectivity index (χ0v) is 11.0. The third-order valence-electron chi connectivity index (χ3n) is 3.22. The number of morpholine rings is 1. The molecular weight excluding hydrogens is 228 g/mol. The van der Waals surface area contributed by atoms with Crippen LogP contribution in [0.15, 0.2) is 18.2 Å². The number of carbonyl (C=O) groups is 1. The van der Waals surface area contributed by atoms with Crippen molar-refractivity contribution >= 4 is 11.6 Å². The van der Waals surface area contributed by atoms with Gasteiger partial charge in [0.25, 0.3) is 0 Å². The van der Waals surface area contributed by atoms with Crippen LogP contribution in [0.4, 0.5) is 5.69 Å². The quantitative estimate of drug-likeness (QED) is 0.854. The third kappa shape index (κ3) is 3.55. The minimum atomic E-state index is 0.0289. The molecule has 18 heavy (non-hydrogen) atoms. The van der Waals surface area contributed by atoms with Gasteiger partial charge < -0.3 is 15.4 Å². The van der Waals surface area contributed by atoms with Crippen molar-refractivity contribution in [3.05, 3.63) is 29.3 Å². The summed E-state index contributed by atoms with van der Waals surface area (Å²) in [6.45, 7) is 6.27. The summed E-state index contributed by atoms with van der Waals surface area (Å²) in [6.07, 6.45) is 0.451. The normalized spacial score (nSPS) is 19.6. The molecule has 0 spiro atoms. The predicted molar refractivity (Wildman–Crippen MR) is 71.8 cm³/mol. The van der Waals surface area contributed by atoms with E-state index in [0.717, 1.165) is 18.8 Å². The number of carbonyl (C=O) groups excluding carboxylic acids is 1. The van der Waals surface area contributed by atoms with Crippen LogP contribution in [0.1, 0.15) is 17.5 Å². The van der Waals surface area contributed by atoms with Gasteiger partial charge in [0.2, 0.25) is 5.91 Å². The van der Waals surface area contributed by atoms with E-state index < -0.39 is 0 Å². The predicted octanol–water partition coefficient (Wildman–Crippen LogP) is 1.62. The second kappa shape index (κ2) is 5.98. The number of rotatable bonds is 3. The minimum absolute atomic E-state index is 0.0289. The number of aryl methyl sites for hydroxylation is 2. The number of anilines is 1. The molecular formula is C14H20N2O2. The lowest BCUT2D eigenvalue weighted by Gasteiger charge is -2.23. The molecule has 1 aliphatic rings. The maximum Gasteiger partial charge on any atom is 0.226 e. The molecule has 1 aromatic rings. The van der Waals surface area contributed by atoms with E-state index in [0.29, 0.717) is 13.0 Å². The van der Waals surface area contributed by atoms with Crippen molar-refractivity contribution in [3.63, 3.8) is 0 Å². The molecule has 4 nitrogen and oxygen atoms in total. The maximum absolute atomic E-state index is 11.9. The van der Waals surface area contributed by atoms with Gasteiger partial charge in [-0.15, -0.1) is 0 Å². The first kappa shape index (κ1) is 13.1. The largest absolute Gasteiger partial charge is 0.378 e. The number of nitrogens with one attached hydrogen (secondary N) is 2. The van der Waals surface area contributed by atoms with Gasteiger partial charge in [-0.05, 0) is 37.1 Å². The molecule has 2 rings (SSSR count). The third-order valence-corrected chi connectivity index (χ3v) is 3.22. The van der Waals surface area contributed by atoms with Crippen LogP contribution in [-0.4, -0.2) is 31.7 Å². The number of hydrogen-bond donors (Lipinski definition) is 2. The highest BCUT2D eigenvalue weighted by Crippen LogP contribution is 2.14. The summed E-state index contributed by atoms with van der Waals surface area (Å²) in [6, 6.07) is 6.08. The van der Waals surface area contributed by atoms with E-state index in [1.54, 1.807) is 0 Å². The summed E-state index contributed by atoms with van der Waals surface area (Å²) in [5.74, 6) is 0.0289.